The second-order valence-electron chi connectivity index (χ2n) is 5.00. The Morgan fingerprint density at radius 3 is 2.50 bits per heavy atom. The molecular weight excluding hydrogens is 246 g/mol. The van der Waals surface area contributed by atoms with Crippen LogP contribution >= 0.6 is 0 Å². The van der Waals surface area contributed by atoms with Crippen LogP contribution in [0.5, 0.6) is 0 Å². The lowest BCUT2D eigenvalue weighted by atomic mass is 10.1. The summed E-state index contributed by atoms with van der Waals surface area (Å²) in [7, 11) is 2.02. The van der Waals surface area contributed by atoms with Crippen LogP contribution in [-0.4, -0.2) is 12.0 Å². The van der Waals surface area contributed by atoms with E-state index in [4.69, 9.17) is 5.73 Å². The smallest absolute Gasteiger partial charge is 0.135 e. The van der Waals surface area contributed by atoms with E-state index >= 15 is 0 Å². The third-order valence-electron chi connectivity index (χ3n) is 3.51. The quantitative estimate of drug-likeness (QED) is 0.762. The van der Waals surface area contributed by atoms with E-state index in [0.29, 0.717) is 5.69 Å². The van der Waals surface area contributed by atoms with Gasteiger partial charge in [0.05, 0.1) is 11.9 Å². The van der Waals surface area contributed by atoms with Gasteiger partial charge in [-0.15, -0.1) is 0 Å². The molecule has 0 aliphatic carbocycles. The maximum Gasteiger partial charge on any atom is 0.135 e. The van der Waals surface area contributed by atoms with E-state index in [9.17, 15) is 0 Å². The number of nitrogens with two attached hydrogens (primary N) is 1. The van der Waals surface area contributed by atoms with Gasteiger partial charge in [-0.05, 0) is 41.5 Å². The van der Waals surface area contributed by atoms with Gasteiger partial charge in [0.25, 0.3) is 0 Å². The molecule has 0 saturated heterocycles. The van der Waals surface area contributed by atoms with Gasteiger partial charge in [0.15, 0.2) is 0 Å². The predicted molar refractivity (Wildman–Crippen MR) is 85.4 cm³/mol. The van der Waals surface area contributed by atoms with E-state index in [1.165, 1.54) is 10.8 Å². The topological polar surface area (TPSA) is 42.1 Å². The van der Waals surface area contributed by atoms with Gasteiger partial charge in [-0.25, -0.2) is 4.98 Å². The summed E-state index contributed by atoms with van der Waals surface area (Å²) < 4.78 is 0. The van der Waals surface area contributed by atoms with E-state index in [1.54, 1.807) is 6.20 Å². The van der Waals surface area contributed by atoms with E-state index in [0.717, 1.165) is 17.1 Å². The van der Waals surface area contributed by atoms with E-state index in [-0.39, 0.29) is 0 Å². The van der Waals surface area contributed by atoms with Gasteiger partial charge in [0, 0.05) is 12.7 Å². The van der Waals surface area contributed by atoms with Gasteiger partial charge in [0.1, 0.15) is 5.82 Å². The van der Waals surface area contributed by atoms with Crippen LogP contribution in [0.3, 0.4) is 0 Å². The van der Waals surface area contributed by atoms with Crippen molar-refractivity contribution in [3.05, 3.63) is 60.3 Å². The van der Waals surface area contributed by atoms with E-state index in [1.807, 2.05) is 20.0 Å². The second kappa shape index (κ2) is 4.85. The zero-order chi connectivity index (χ0) is 14.1. The average Bonchev–Trinajstić information content (AvgIpc) is 2.46. The van der Waals surface area contributed by atoms with Crippen LogP contribution in [-0.2, 0) is 0 Å². The Morgan fingerprint density at radius 2 is 1.75 bits per heavy atom. The molecule has 0 bridgehead atoms. The van der Waals surface area contributed by atoms with Gasteiger partial charge < -0.3 is 10.6 Å². The summed E-state index contributed by atoms with van der Waals surface area (Å²) >= 11 is 0. The van der Waals surface area contributed by atoms with Crippen LogP contribution in [0.25, 0.3) is 10.8 Å². The molecule has 0 fully saturated rings. The summed E-state index contributed by atoms with van der Waals surface area (Å²) in [5.74, 6) is 0.925. The lowest BCUT2D eigenvalue weighted by molar-refractivity contribution is 1.11. The summed E-state index contributed by atoms with van der Waals surface area (Å²) in [5, 5.41) is 2.47. The Labute approximate surface area is 118 Å². The van der Waals surface area contributed by atoms with Gasteiger partial charge in [-0.3, -0.25) is 0 Å². The van der Waals surface area contributed by atoms with Crippen molar-refractivity contribution in [1.82, 2.24) is 4.98 Å². The molecule has 0 saturated carbocycles. The molecule has 1 heterocycles. The Kier molecular flexibility index (Phi) is 3.03. The van der Waals surface area contributed by atoms with E-state index < -0.39 is 0 Å². The molecule has 20 heavy (non-hydrogen) atoms. The zero-order valence-electron chi connectivity index (χ0n) is 11.7. The zero-order valence-corrected chi connectivity index (χ0v) is 11.7. The first-order chi connectivity index (χ1) is 9.65. The number of rotatable bonds is 2. The van der Waals surface area contributed by atoms with Crippen molar-refractivity contribution in [1.29, 1.82) is 0 Å². The standard InChI is InChI=1S/C17H17N3/c1-12-9-15(18)11-19-17(12)20(2)16-8-7-13-5-3-4-6-14(13)10-16/h3-11H,18H2,1-2H3. The van der Waals surface area contributed by atoms with Crippen LogP contribution in [0, 0.1) is 6.92 Å². The van der Waals surface area contributed by atoms with Crippen LogP contribution in [0.15, 0.2) is 54.7 Å². The molecule has 0 unspecified atom stereocenters. The molecule has 100 valence electrons. The fourth-order valence-electron chi connectivity index (χ4n) is 2.45. The Bertz CT molecular complexity index is 765. The molecule has 3 aromatic rings. The van der Waals surface area contributed by atoms with Crippen molar-refractivity contribution in [2.75, 3.05) is 17.7 Å². The van der Waals surface area contributed by atoms with Crippen LogP contribution in [0.4, 0.5) is 17.2 Å². The number of pyridine rings is 1. The number of aryl methyl sites for hydroxylation is 1. The molecule has 0 amide bonds. The predicted octanol–water partition coefficient (Wildman–Crippen LogP) is 3.89. The summed E-state index contributed by atoms with van der Waals surface area (Å²) in [4.78, 5) is 6.52. The number of hydrogen-bond acceptors (Lipinski definition) is 3. The van der Waals surface area contributed by atoms with Crippen molar-refractivity contribution in [2.45, 2.75) is 6.92 Å². The monoisotopic (exact) mass is 263 g/mol. The largest absolute Gasteiger partial charge is 0.397 e. The second-order valence-corrected chi connectivity index (χ2v) is 5.00. The van der Waals surface area contributed by atoms with Gasteiger partial charge in [-0.2, -0.15) is 0 Å². The molecule has 0 spiro atoms. The number of hydrogen-bond donors (Lipinski definition) is 1. The first-order valence-corrected chi connectivity index (χ1v) is 6.60. The van der Waals surface area contributed by atoms with E-state index in [2.05, 4.69) is 52.3 Å². The van der Waals surface area contributed by atoms with Crippen LogP contribution in [0.2, 0.25) is 0 Å². The average molecular weight is 263 g/mol. The number of nitrogen functional groups attached to an aromatic ring is 1. The molecule has 3 nitrogen and oxygen atoms in total. The molecule has 1 aromatic heterocycles. The lowest BCUT2D eigenvalue weighted by Gasteiger charge is -2.21. The molecule has 0 atom stereocenters. The molecular formula is C17H17N3. The Balaban J connectivity index is 2.05. The van der Waals surface area contributed by atoms with Gasteiger partial charge in [-0.1, -0.05) is 30.3 Å². The van der Waals surface area contributed by atoms with Crippen LogP contribution in [0.1, 0.15) is 5.56 Å². The van der Waals surface area contributed by atoms with Gasteiger partial charge >= 0.3 is 0 Å². The fourth-order valence-corrected chi connectivity index (χ4v) is 2.45. The molecule has 3 heteroatoms. The highest BCUT2D eigenvalue weighted by molar-refractivity contribution is 5.86. The summed E-state index contributed by atoms with van der Waals surface area (Å²) in [6.07, 6.45) is 1.69. The number of nitrogens with zero attached hydrogens (tertiary/aromatic N) is 2. The lowest BCUT2D eigenvalue weighted by Crippen LogP contribution is -2.12. The van der Waals surface area contributed by atoms with Crippen molar-refractivity contribution < 1.29 is 0 Å². The first-order valence-electron chi connectivity index (χ1n) is 6.60. The SMILES string of the molecule is Cc1cc(N)cnc1N(C)c1ccc2ccccc2c1. The third-order valence-corrected chi connectivity index (χ3v) is 3.51. The normalized spacial score (nSPS) is 10.7. The number of anilines is 3. The molecule has 0 aliphatic rings. The van der Waals surface area contributed by atoms with Crippen molar-refractivity contribution >= 4 is 28.0 Å². The summed E-state index contributed by atoms with van der Waals surface area (Å²) in [6, 6.07) is 16.7. The maximum atomic E-state index is 5.76. The first kappa shape index (κ1) is 12.5. The number of fused-ring (bicyclic) bond motifs is 1. The molecule has 3 rings (SSSR count). The minimum absolute atomic E-state index is 0.693. The minimum atomic E-state index is 0.693. The highest BCUT2D eigenvalue weighted by Crippen LogP contribution is 2.28. The maximum absolute atomic E-state index is 5.76. The molecule has 0 aliphatic heterocycles. The molecule has 0 radical (unpaired) electrons. The summed E-state index contributed by atoms with van der Waals surface area (Å²) in [6.45, 7) is 2.02. The van der Waals surface area contributed by atoms with Gasteiger partial charge in [0.2, 0.25) is 0 Å². The van der Waals surface area contributed by atoms with Crippen molar-refractivity contribution in [3.63, 3.8) is 0 Å². The summed E-state index contributed by atoms with van der Waals surface area (Å²) in [5.41, 5.74) is 8.64. The Hall–Kier alpha value is -2.55. The number of aromatic nitrogens is 1. The van der Waals surface area contributed by atoms with Crippen molar-refractivity contribution in [2.24, 2.45) is 0 Å². The fraction of sp³-hybridized carbons (Fsp3) is 0.118. The van der Waals surface area contributed by atoms with Crippen LogP contribution < -0.4 is 10.6 Å². The highest BCUT2D eigenvalue weighted by Gasteiger charge is 2.09. The third kappa shape index (κ3) is 2.18. The minimum Gasteiger partial charge on any atom is -0.397 e. The number of benzene rings is 2. The molecule has 2 N–H and O–H groups in total. The molecule has 2 aromatic carbocycles. The van der Waals surface area contributed by atoms with Crippen molar-refractivity contribution in [3.8, 4) is 0 Å². The highest BCUT2D eigenvalue weighted by atomic mass is 15.2. The Morgan fingerprint density at radius 1 is 1.00 bits per heavy atom.